The molecule has 1 unspecified atom stereocenters. The van der Waals surface area contributed by atoms with Gasteiger partial charge in [0.15, 0.2) is 0 Å². The molecule has 9 heteroatoms. The second-order valence-electron chi connectivity index (χ2n) is 7.08. The van der Waals surface area contributed by atoms with E-state index < -0.39 is 0 Å². The van der Waals surface area contributed by atoms with Crippen molar-refractivity contribution in [1.29, 1.82) is 0 Å². The first kappa shape index (κ1) is 18.9. The Kier molecular flexibility index (Phi) is 4.87. The van der Waals surface area contributed by atoms with Gasteiger partial charge >= 0.3 is 0 Å². The van der Waals surface area contributed by atoms with E-state index in [9.17, 15) is 14.0 Å². The summed E-state index contributed by atoms with van der Waals surface area (Å²) in [5.74, 6) is -1.09. The Morgan fingerprint density at radius 1 is 1.28 bits per heavy atom. The summed E-state index contributed by atoms with van der Waals surface area (Å²) in [5, 5.41) is 10.9. The third-order valence-corrected chi connectivity index (χ3v) is 5.26. The van der Waals surface area contributed by atoms with Crippen molar-refractivity contribution in [2.75, 3.05) is 18.4 Å². The van der Waals surface area contributed by atoms with Gasteiger partial charge in [0.05, 0.1) is 23.5 Å². The van der Waals surface area contributed by atoms with Crippen LogP contribution in [0.25, 0.3) is 11.3 Å². The number of hydrogen-bond acceptors (Lipinski definition) is 5. The van der Waals surface area contributed by atoms with Gasteiger partial charge in [-0.1, -0.05) is 5.16 Å². The standard InChI is InChI=1S/C20H20FN5O3/c1-12-17(9-22-25(12)2)23-19(27)14-7-8-26(10-14)20(28)16-11-29-24-18(16)13-3-5-15(21)6-4-13/h3-6,9,11,14H,7-8,10H2,1-2H3,(H,23,27). The van der Waals surface area contributed by atoms with Gasteiger partial charge in [-0.15, -0.1) is 0 Å². The average molecular weight is 397 g/mol. The van der Waals surface area contributed by atoms with Crippen molar-refractivity contribution in [3.8, 4) is 11.3 Å². The molecule has 0 spiro atoms. The largest absolute Gasteiger partial charge is 0.363 e. The van der Waals surface area contributed by atoms with Crippen molar-refractivity contribution in [3.05, 3.63) is 53.8 Å². The van der Waals surface area contributed by atoms with E-state index in [0.29, 0.717) is 42.0 Å². The SMILES string of the molecule is Cc1c(NC(=O)C2CCN(C(=O)c3conc3-c3ccc(F)cc3)C2)cnn1C. The quantitative estimate of drug-likeness (QED) is 0.731. The summed E-state index contributed by atoms with van der Waals surface area (Å²) in [4.78, 5) is 27.2. The number of likely N-dealkylation sites (tertiary alicyclic amines) is 1. The van der Waals surface area contributed by atoms with E-state index in [0.717, 1.165) is 5.69 Å². The van der Waals surface area contributed by atoms with Gasteiger partial charge < -0.3 is 14.7 Å². The molecular formula is C20H20FN5O3. The molecule has 150 valence electrons. The summed E-state index contributed by atoms with van der Waals surface area (Å²) < 4.78 is 19.9. The van der Waals surface area contributed by atoms with Gasteiger partial charge in [0.25, 0.3) is 5.91 Å². The molecule has 0 bridgehead atoms. The van der Waals surface area contributed by atoms with Crippen molar-refractivity contribution in [2.45, 2.75) is 13.3 Å². The Bertz CT molecular complexity index is 1060. The normalized spacial score (nSPS) is 16.2. The summed E-state index contributed by atoms with van der Waals surface area (Å²) in [6.07, 6.45) is 3.46. The fraction of sp³-hybridized carbons (Fsp3) is 0.300. The van der Waals surface area contributed by atoms with Crippen LogP contribution in [-0.2, 0) is 11.8 Å². The first-order valence-corrected chi connectivity index (χ1v) is 9.23. The summed E-state index contributed by atoms with van der Waals surface area (Å²) in [6.45, 7) is 2.63. The lowest BCUT2D eigenvalue weighted by atomic mass is 10.1. The molecule has 3 aromatic rings. The van der Waals surface area contributed by atoms with Crippen LogP contribution >= 0.6 is 0 Å². The number of benzene rings is 1. The number of carbonyl (C=O) groups is 2. The van der Waals surface area contributed by atoms with Crippen LogP contribution in [0.2, 0.25) is 0 Å². The Hall–Kier alpha value is -3.49. The number of amides is 2. The summed E-state index contributed by atoms with van der Waals surface area (Å²) >= 11 is 0. The lowest BCUT2D eigenvalue weighted by Gasteiger charge is -2.16. The number of carbonyl (C=O) groups excluding carboxylic acids is 2. The second kappa shape index (κ2) is 7.50. The maximum absolute atomic E-state index is 13.2. The number of hydrogen-bond donors (Lipinski definition) is 1. The highest BCUT2D eigenvalue weighted by Crippen LogP contribution is 2.27. The van der Waals surface area contributed by atoms with Crippen molar-refractivity contribution in [2.24, 2.45) is 13.0 Å². The number of rotatable bonds is 4. The van der Waals surface area contributed by atoms with E-state index in [1.165, 1.54) is 18.4 Å². The number of halogens is 1. The van der Waals surface area contributed by atoms with Crippen LogP contribution in [-0.4, -0.2) is 44.7 Å². The van der Waals surface area contributed by atoms with Crippen molar-refractivity contribution < 1.29 is 18.5 Å². The highest BCUT2D eigenvalue weighted by molar-refractivity contribution is 6.00. The van der Waals surface area contributed by atoms with Gasteiger partial charge in [-0.2, -0.15) is 5.10 Å². The van der Waals surface area contributed by atoms with Crippen molar-refractivity contribution >= 4 is 17.5 Å². The van der Waals surface area contributed by atoms with E-state index in [1.54, 1.807) is 35.0 Å². The first-order chi connectivity index (χ1) is 13.9. The Labute approximate surface area is 166 Å². The fourth-order valence-electron chi connectivity index (χ4n) is 3.39. The third kappa shape index (κ3) is 3.63. The van der Waals surface area contributed by atoms with Gasteiger partial charge in [0, 0.05) is 25.7 Å². The second-order valence-corrected chi connectivity index (χ2v) is 7.08. The predicted molar refractivity (Wildman–Crippen MR) is 102 cm³/mol. The lowest BCUT2D eigenvalue weighted by Crippen LogP contribution is -2.31. The third-order valence-electron chi connectivity index (χ3n) is 5.26. The van der Waals surface area contributed by atoms with E-state index in [4.69, 9.17) is 4.52 Å². The molecule has 1 fully saturated rings. The number of aryl methyl sites for hydroxylation is 1. The maximum Gasteiger partial charge on any atom is 0.259 e. The van der Waals surface area contributed by atoms with Crippen LogP contribution in [0.5, 0.6) is 0 Å². The molecule has 4 rings (SSSR count). The van der Waals surface area contributed by atoms with E-state index in [1.807, 2.05) is 6.92 Å². The van der Waals surface area contributed by atoms with Crippen LogP contribution in [0.1, 0.15) is 22.5 Å². The zero-order valence-corrected chi connectivity index (χ0v) is 16.1. The number of aromatic nitrogens is 3. The van der Waals surface area contributed by atoms with Crippen LogP contribution in [0.4, 0.5) is 10.1 Å². The Morgan fingerprint density at radius 3 is 2.72 bits per heavy atom. The highest BCUT2D eigenvalue weighted by atomic mass is 19.1. The molecule has 0 radical (unpaired) electrons. The molecule has 1 saturated heterocycles. The van der Waals surface area contributed by atoms with Crippen molar-refractivity contribution in [3.63, 3.8) is 0 Å². The summed E-state index contributed by atoms with van der Waals surface area (Å²) in [6, 6.07) is 5.69. The molecule has 1 N–H and O–H groups in total. The summed E-state index contributed by atoms with van der Waals surface area (Å²) in [5.41, 5.74) is 2.76. The fourth-order valence-corrected chi connectivity index (χ4v) is 3.39. The molecule has 3 heterocycles. The maximum atomic E-state index is 13.2. The zero-order valence-electron chi connectivity index (χ0n) is 16.1. The molecule has 1 aromatic carbocycles. The molecule has 1 atom stereocenters. The Morgan fingerprint density at radius 2 is 2.03 bits per heavy atom. The van der Waals surface area contributed by atoms with E-state index in [2.05, 4.69) is 15.6 Å². The van der Waals surface area contributed by atoms with Crippen molar-refractivity contribution in [1.82, 2.24) is 19.8 Å². The van der Waals surface area contributed by atoms with Gasteiger partial charge in [-0.05, 0) is 37.6 Å². The van der Waals surface area contributed by atoms with Gasteiger partial charge in [0.2, 0.25) is 5.91 Å². The summed E-state index contributed by atoms with van der Waals surface area (Å²) in [7, 11) is 1.80. The number of nitrogens with one attached hydrogen (secondary N) is 1. The molecule has 1 aliphatic heterocycles. The smallest absolute Gasteiger partial charge is 0.259 e. The molecule has 0 aliphatic carbocycles. The van der Waals surface area contributed by atoms with Gasteiger partial charge in [-0.3, -0.25) is 14.3 Å². The molecule has 0 saturated carbocycles. The monoisotopic (exact) mass is 397 g/mol. The lowest BCUT2D eigenvalue weighted by molar-refractivity contribution is -0.119. The van der Waals surface area contributed by atoms with Gasteiger partial charge in [-0.25, -0.2) is 4.39 Å². The Balaban J connectivity index is 1.45. The average Bonchev–Trinajstić information content (AvgIpc) is 3.45. The zero-order chi connectivity index (χ0) is 20.5. The molecular weight excluding hydrogens is 377 g/mol. The first-order valence-electron chi connectivity index (χ1n) is 9.23. The molecule has 1 aliphatic rings. The van der Waals surface area contributed by atoms with Crippen LogP contribution in [0.15, 0.2) is 41.2 Å². The molecule has 2 aromatic heterocycles. The topological polar surface area (TPSA) is 93.3 Å². The molecule has 8 nitrogen and oxygen atoms in total. The molecule has 2 amide bonds. The molecule has 29 heavy (non-hydrogen) atoms. The minimum atomic E-state index is -0.373. The number of anilines is 1. The van der Waals surface area contributed by atoms with Crippen LogP contribution in [0.3, 0.4) is 0 Å². The van der Waals surface area contributed by atoms with Gasteiger partial charge in [0.1, 0.15) is 23.3 Å². The van der Waals surface area contributed by atoms with Crippen LogP contribution in [0, 0.1) is 18.7 Å². The predicted octanol–water partition coefficient (Wildman–Crippen LogP) is 2.62. The number of nitrogens with zero attached hydrogens (tertiary/aromatic N) is 4. The van der Waals surface area contributed by atoms with E-state index >= 15 is 0 Å². The highest BCUT2D eigenvalue weighted by Gasteiger charge is 2.33. The van der Waals surface area contributed by atoms with E-state index in [-0.39, 0.29) is 23.5 Å². The minimum Gasteiger partial charge on any atom is -0.363 e. The van der Waals surface area contributed by atoms with Crippen LogP contribution < -0.4 is 5.32 Å². The minimum absolute atomic E-state index is 0.138.